The van der Waals surface area contributed by atoms with Gasteiger partial charge in [-0.25, -0.2) is 4.98 Å². The van der Waals surface area contributed by atoms with E-state index in [1.54, 1.807) is 11.3 Å². The molecule has 3 aromatic carbocycles. The number of amides is 1. The second-order valence-electron chi connectivity index (χ2n) is 7.47. The number of carbonyl (C=O) groups excluding carboxylic acids is 1. The molecule has 0 radical (unpaired) electrons. The number of benzene rings is 3. The van der Waals surface area contributed by atoms with E-state index in [1.165, 1.54) is 0 Å². The number of anilines is 1. The zero-order valence-electron chi connectivity index (χ0n) is 16.4. The molecule has 0 fully saturated rings. The predicted octanol–water partition coefficient (Wildman–Crippen LogP) is 6.45. The van der Waals surface area contributed by atoms with E-state index in [1.807, 2.05) is 60.8 Å². The summed E-state index contributed by atoms with van der Waals surface area (Å²) in [5.74, 6) is -0.0888. The highest BCUT2D eigenvalue weighted by Gasteiger charge is 2.25. The second-order valence-corrected chi connectivity index (χ2v) is 8.32. The third-order valence-corrected chi connectivity index (χ3v) is 6.44. The summed E-state index contributed by atoms with van der Waals surface area (Å²) in [5.41, 5.74) is 6.33. The van der Waals surface area contributed by atoms with Crippen molar-refractivity contribution in [3.05, 3.63) is 95.6 Å². The fraction of sp³-hybridized carbons (Fsp3) is 0. The van der Waals surface area contributed by atoms with Crippen molar-refractivity contribution in [1.29, 1.82) is 0 Å². The minimum atomic E-state index is -0.0888. The number of hydrogen-bond acceptors (Lipinski definition) is 3. The Labute approximate surface area is 182 Å². The molecule has 0 saturated heterocycles. The van der Waals surface area contributed by atoms with Crippen molar-refractivity contribution in [2.24, 2.45) is 0 Å². The number of nitrogens with zero attached hydrogens (tertiary/aromatic N) is 1. The van der Waals surface area contributed by atoms with Gasteiger partial charge in [-0.05, 0) is 23.6 Å². The summed E-state index contributed by atoms with van der Waals surface area (Å²) >= 11 is 1.62. The van der Waals surface area contributed by atoms with Crippen LogP contribution in [-0.4, -0.2) is 15.9 Å². The molecule has 6 rings (SSSR count). The fourth-order valence-corrected chi connectivity index (χ4v) is 4.81. The first-order chi connectivity index (χ1) is 15.3. The zero-order chi connectivity index (χ0) is 20.8. The highest BCUT2D eigenvalue weighted by Crippen LogP contribution is 2.38. The van der Waals surface area contributed by atoms with Gasteiger partial charge in [-0.1, -0.05) is 60.7 Å². The van der Waals surface area contributed by atoms with Crippen LogP contribution in [0.25, 0.3) is 44.3 Å². The average molecular weight is 420 g/mol. The van der Waals surface area contributed by atoms with Crippen LogP contribution in [0.4, 0.5) is 5.69 Å². The summed E-state index contributed by atoms with van der Waals surface area (Å²) < 4.78 is 0. The molecule has 0 spiro atoms. The number of aromatic nitrogens is 2. The van der Waals surface area contributed by atoms with E-state index in [4.69, 9.17) is 4.98 Å². The molecule has 0 saturated carbocycles. The zero-order valence-corrected chi connectivity index (χ0v) is 17.2. The summed E-state index contributed by atoms with van der Waals surface area (Å²) in [4.78, 5) is 20.8. The van der Waals surface area contributed by atoms with Gasteiger partial charge in [-0.2, -0.15) is 0 Å². The maximum atomic E-state index is 12.7. The number of rotatable bonds is 3. The molecule has 5 heteroatoms. The third-order valence-electron chi connectivity index (χ3n) is 5.55. The molecule has 0 unspecified atom stereocenters. The maximum Gasteiger partial charge on any atom is 0.256 e. The second kappa shape index (κ2) is 7.07. The molecule has 3 heterocycles. The Hall–Kier alpha value is -3.96. The van der Waals surface area contributed by atoms with Gasteiger partial charge < -0.3 is 10.3 Å². The molecule has 1 amide bonds. The van der Waals surface area contributed by atoms with Gasteiger partial charge in [0.05, 0.1) is 11.3 Å². The molecular weight excluding hydrogens is 402 g/mol. The topological polar surface area (TPSA) is 57.8 Å². The van der Waals surface area contributed by atoms with Crippen molar-refractivity contribution in [1.82, 2.24) is 9.97 Å². The van der Waals surface area contributed by atoms with Crippen molar-refractivity contribution in [3.63, 3.8) is 0 Å². The van der Waals surface area contributed by atoms with E-state index in [-0.39, 0.29) is 5.91 Å². The quantitative estimate of drug-likeness (QED) is 0.330. The Morgan fingerprint density at radius 2 is 1.74 bits per heavy atom. The molecule has 4 nitrogen and oxygen atoms in total. The number of fused-ring (bicyclic) bond motifs is 2. The molecule has 0 bridgehead atoms. The minimum absolute atomic E-state index is 0.0888. The van der Waals surface area contributed by atoms with Crippen LogP contribution in [0.1, 0.15) is 11.3 Å². The SMILES string of the molecule is O=C1Nc2ccc(-c3csc(-c4ccccc4)n3)cc2/C1=C/c1[nH]cc2ccccc12. The van der Waals surface area contributed by atoms with Crippen LogP contribution in [0.2, 0.25) is 0 Å². The van der Waals surface area contributed by atoms with E-state index in [0.29, 0.717) is 5.57 Å². The minimum Gasteiger partial charge on any atom is -0.361 e. The van der Waals surface area contributed by atoms with Gasteiger partial charge in [0.1, 0.15) is 5.01 Å². The predicted molar refractivity (Wildman–Crippen MR) is 128 cm³/mol. The first-order valence-electron chi connectivity index (χ1n) is 10.0. The fourth-order valence-electron chi connectivity index (χ4n) is 3.98. The summed E-state index contributed by atoms with van der Waals surface area (Å²) in [6.45, 7) is 0. The van der Waals surface area contributed by atoms with Gasteiger partial charge in [0.15, 0.2) is 0 Å². The van der Waals surface area contributed by atoms with E-state index in [9.17, 15) is 4.79 Å². The van der Waals surface area contributed by atoms with E-state index >= 15 is 0 Å². The first-order valence-corrected chi connectivity index (χ1v) is 10.9. The van der Waals surface area contributed by atoms with Gasteiger partial charge in [-0.3, -0.25) is 4.79 Å². The number of thiazole rings is 1. The molecule has 1 aliphatic rings. The number of nitrogens with one attached hydrogen (secondary N) is 2. The maximum absolute atomic E-state index is 12.7. The van der Waals surface area contributed by atoms with Gasteiger partial charge in [0.2, 0.25) is 0 Å². The van der Waals surface area contributed by atoms with Crippen molar-refractivity contribution < 1.29 is 4.79 Å². The van der Waals surface area contributed by atoms with Crippen LogP contribution in [-0.2, 0) is 4.79 Å². The number of hydrogen-bond donors (Lipinski definition) is 2. The van der Waals surface area contributed by atoms with Crippen LogP contribution in [0.3, 0.4) is 0 Å². The Bertz CT molecular complexity index is 1480. The van der Waals surface area contributed by atoms with Crippen LogP contribution in [0.15, 0.2) is 84.4 Å². The Balaban J connectivity index is 1.41. The summed E-state index contributed by atoms with van der Waals surface area (Å²) in [6.07, 6.45) is 3.90. The van der Waals surface area contributed by atoms with Crippen LogP contribution in [0.5, 0.6) is 0 Å². The third kappa shape index (κ3) is 3.07. The van der Waals surface area contributed by atoms with E-state index in [2.05, 4.69) is 39.9 Å². The Morgan fingerprint density at radius 3 is 2.65 bits per heavy atom. The lowest BCUT2D eigenvalue weighted by atomic mass is 10.0. The molecule has 1 aliphatic heterocycles. The number of aromatic amines is 1. The summed E-state index contributed by atoms with van der Waals surface area (Å²) in [5, 5.41) is 8.25. The monoisotopic (exact) mass is 419 g/mol. The molecule has 0 atom stereocenters. The lowest BCUT2D eigenvalue weighted by molar-refractivity contribution is -0.110. The largest absolute Gasteiger partial charge is 0.361 e. The molecule has 148 valence electrons. The Kier molecular flexibility index (Phi) is 4.08. The summed E-state index contributed by atoms with van der Waals surface area (Å²) in [6, 6.07) is 24.3. The van der Waals surface area contributed by atoms with Crippen molar-refractivity contribution in [3.8, 4) is 21.8 Å². The van der Waals surface area contributed by atoms with E-state index in [0.717, 1.165) is 49.5 Å². The summed E-state index contributed by atoms with van der Waals surface area (Å²) in [7, 11) is 0. The van der Waals surface area contributed by atoms with Gasteiger partial charge in [-0.15, -0.1) is 11.3 Å². The highest BCUT2D eigenvalue weighted by atomic mass is 32.1. The molecule has 0 aliphatic carbocycles. The van der Waals surface area contributed by atoms with Crippen LogP contribution in [0, 0.1) is 0 Å². The number of carbonyl (C=O) groups is 1. The smallest absolute Gasteiger partial charge is 0.256 e. The van der Waals surface area contributed by atoms with E-state index < -0.39 is 0 Å². The standard InChI is InChI=1S/C26H17N3OS/c30-25-21(13-23-19-9-5-4-8-18(19)14-27-23)20-12-17(10-11-22(20)28-25)24-15-31-26(29-24)16-6-2-1-3-7-16/h1-15,27H,(H,28,30)/b21-13-. The van der Waals surface area contributed by atoms with Crippen molar-refractivity contribution >= 4 is 45.4 Å². The molecular formula is C26H17N3OS. The lowest BCUT2D eigenvalue weighted by Crippen LogP contribution is -2.03. The van der Waals surface area contributed by atoms with Crippen LogP contribution < -0.4 is 5.32 Å². The lowest BCUT2D eigenvalue weighted by Gasteiger charge is -2.03. The normalized spacial score (nSPS) is 14.2. The van der Waals surface area contributed by atoms with Crippen LogP contribution >= 0.6 is 11.3 Å². The Morgan fingerprint density at radius 1 is 0.903 bits per heavy atom. The van der Waals surface area contributed by atoms with Gasteiger partial charge >= 0.3 is 0 Å². The molecule has 31 heavy (non-hydrogen) atoms. The van der Waals surface area contributed by atoms with Gasteiger partial charge in [0.25, 0.3) is 5.91 Å². The molecule has 5 aromatic rings. The van der Waals surface area contributed by atoms with Gasteiger partial charge in [0, 0.05) is 45.0 Å². The average Bonchev–Trinajstić information content (AvgIpc) is 3.53. The molecule has 2 N–H and O–H groups in total. The number of H-pyrrole nitrogens is 1. The molecule has 2 aromatic heterocycles. The van der Waals surface area contributed by atoms with Crippen molar-refractivity contribution in [2.75, 3.05) is 5.32 Å². The van der Waals surface area contributed by atoms with Crippen molar-refractivity contribution in [2.45, 2.75) is 0 Å². The first kappa shape index (κ1) is 17.9. The highest BCUT2D eigenvalue weighted by molar-refractivity contribution is 7.13.